The van der Waals surface area contributed by atoms with Gasteiger partial charge in [0.15, 0.2) is 0 Å². The number of rotatable bonds is 4. The number of ether oxygens (including phenoxy) is 1. The highest BCUT2D eigenvalue weighted by Crippen LogP contribution is 2.38. The van der Waals surface area contributed by atoms with Crippen molar-refractivity contribution in [3.63, 3.8) is 0 Å². The number of hydrogen-bond donors (Lipinski definition) is 1. The molecule has 1 saturated heterocycles. The Balaban J connectivity index is 1.63. The van der Waals surface area contributed by atoms with Crippen LogP contribution in [0, 0.1) is 5.41 Å². The third kappa shape index (κ3) is 3.72. The van der Waals surface area contributed by atoms with Crippen molar-refractivity contribution in [2.75, 3.05) is 13.2 Å². The van der Waals surface area contributed by atoms with E-state index in [1.807, 2.05) is 0 Å². The van der Waals surface area contributed by atoms with Crippen LogP contribution in [0.25, 0.3) is 0 Å². The molecule has 0 aromatic carbocycles. The molecular weight excluding hydrogens is 318 g/mol. The molecule has 22 heavy (non-hydrogen) atoms. The monoisotopic (exact) mass is 343 g/mol. The molecule has 0 atom stereocenters. The first-order chi connectivity index (χ1) is 10.4. The molecule has 1 N–H and O–H groups in total. The lowest BCUT2D eigenvalue weighted by molar-refractivity contribution is 0.0981. The average Bonchev–Trinajstić information content (AvgIpc) is 2.87. The van der Waals surface area contributed by atoms with E-state index in [0.29, 0.717) is 38.0 Å². The van der Waals surface area contributed by atoms with Crippen molar-refractivity contribution in [2.45, 2.75) is 57.7 Å². The van der Waals surface area contributed by atoms with E-state index in [0.717, 1.165) is 17.7 Å². The molecule has 6 heteroatoms. The van der Waals surface area contributed by atoms with Gasteiger partial charge in [0.05, 0.1) is 5.25 Å². The molecule has 1 aliphatic carbocycles. The zero-order chi connectivity index (χ0) is 15.8. The van der Waals surface area contributed by atoms with E-state index in [1.54, 1.807) is 11.3 Å². The molecule has 4 nitrogen and oxygen atoms in total. The van der Waals surface area contributed by atoms with Gasteiger partial charge in [-0.05, 0) is 49.1 Å². The van der Waals surface area contributed by atoms with E-state index in [2.05, 4.69) is 24.6 Å². The molecule has 1 aromatic heterocycles. The Hall–Kier alpha value is -0.430. The van der Waals surface area contributed by atoms with E-state index >= 15 is 0 Å². The quantitative estimate of drug-likeness (QED) is 0.914. The molecule has 3 rings (SSSR count). The molecule has 0 amide bonds. The van der Waals surface area contributed by atoms with Gasteiger partial charge in [0.2, 0.25) is 10.0 Å². The lowest BCUT2D eigenvalue weighted by Crippen LogP contribution is -2.37. The van der Waals surface area contributed by atoms with Gasteiger partial charge in [-0.1, -0.05) is 13.8 Å². The molecule has 0 radical (unpaired) electrons. The Kier molecular flexibility index (Phi) is 4.65. The topological polar surface area (TPSA) is 55.4 Å². The highest BCUT2D eigenvalue weighted by atomic mass is 32.2. The first-order valence-electron chi connectivity index (χ1n) is 8.02. The standard InChI is InChI=1S/C16H25NO3S2/c1-16(2)6-3-15-12(10-16)9-13(21-15)11-17-22(18,19)14-4-7-20-8-5-14/h9,14,17H,3-8,10-11H2,1-2H3. The first kappa shape index (κ1) is 16.4. The molecule has 0 bridgehead atoms. The summed E-state index contributed by atoms with van der Waals surface area (Å²) in [7, 11) is -3.23. The van der Waals surface area contributed by atoms with Gasteiger partial charge >= 0.3 is 0 Å². The summed E-state index contributed by atoms with van der Waals surface area (Å²) in [5.41, 5.74) is 1.79. The second-order valence-corrected chi connectivity index (χ2v) is 10.4. The fraction of sp³-hybridized carbons (Fsp3) is 0.750. The average molecular weight is 344 g/mol. The Morgan fingerprint density at radius 1 is 1.36 bits per heavy atom. The predicted octanol–water partition coefficient (Wildman–Crippen LogP) is 2.86. The third-order valence-electron chi connectivity index (χ3n) is 4.70. The maximum atomic E-state index is 12.3. The second-order valence-electron chi connectivity index (χ2n) is 7.18. The van der Waals surface area contributed by atoms with Gasteiger partial charge in [0.25, 0.3) is 0 Å². The summed E-state index contributed by atoms with van der Waals surface area (Å²) >= 11 is 1.77. The number of aryl methyl sites for hydroxylation is 1. The van der Waals surface area contributed by atoms with Crippen LogP contribution in [0.2, 0.25) is 0 Å². The van der Waals surface area contributed by atoms with Crippen LogP contribution in [0.3, 0.4) is 0 Å². The molecule has 2 aliphatic rings. The van der Waals surface area contributed by atoms with Crippen LogP contribution in [0.1, 0.15) is 48.4 Å². The van der Waals surface area contributed by atoms with E-state index in [-0.39, 0.29) is 5.25 Å². The third-order valence-corrected chi connectivity index (χ3v) is 7.83. The van der Waals surface area contributed by atoms with Crippen LogP contribution in [0.4, 0.5) is 0 Å². The first-order valence-corrected chi connectivity index (χ1v) is 10.4. The molecule has 1 aliphatic heterocycles. The normalized spacial score (nSPS) is 22.5. The highest BCUT2D eigenvalue weighted by molar-refractivity contribution is 7.90. The molecule has 0 unspecified atom stereocenters. The van der Waals surface area contributed by atoms with Gasteiger partial charge in [-0.15, -0.1) is 11.3 Å². The Labute approximate surface area is 137 Å². The van der Waals surface area contributed by atoms with Crippen LogP contribution >= 0.6 is 11.3 Å². The Morgan fingerprint density at radius 2 is 2.09 bits per heavy atom. The summed E-state index contributed by atoms with van der Waals surface area (Å²) in [6.45, 7) is 6.14. The van der Waals surface area contributed by atoms with Gasteiger partial charge in [-0.25, -0.2) is 13.1 Å². The molecule has 1 fully saturated rings. The minimum absolute atomic E-state index is 0.297. The lowest BCUT2D eigenvalue weighted by atomic mass is 9.77. The van der Waals surface area contributed by atoms with Crippen molar-refractivity contribution in [2.24, 2.45) is 5.41 Å². The van der Waals surface area contributed by atoms with Crippen LogP contribution in [0.15, 0.2) is 6.07 Å². The summed E-state index contributed by atoms with van der Waals surface area (Å²) in [6, 6.07) is 2.20. The van der Waals surface area contributed by atoms with Crippen molar-refractivity contribution >= 4 is 21.4 Å². The van der Waals surface area contributed by atoms with E-state index in [9.17, 15) is 8.42 Å². The predicted molar refractivity (Wildman–Crippen MR) is 89.7 cm³/mol. The van der Waals surface area contributed by atoms with Crippen molar-refractivity contribution in [3.8, 4) is 0 Å². The number of thiophene rings is 1. The summed E-state index contributed by atoms with van der Waals surface area (Å²) < 4.78 is 32.7. The van der Waals surface area contributed by atoms with Crippen LogP contribution in [0.5, 0.6) is 0 Å². The van der Waals surface area contributed by atoms with Crippen LogP contribution < -0.4 is 4.72 Å². The van der Waals surface area contributed by atoms with Gasteiger partial charge in [-0.3, -0.25) is 0 Å². The molecule has 1 aromatic rings. The van der Waals surface area contributed by atoms with Crippen molar-refractivity contribution < 1.29 is 13.2 Å². The minimum Gasteiger partial charge on any atom is -0.381 e. The van der Waals surface area contributed by atoms with Gasteiger partial charge < -0.3 is 4.74 Å². The lowest BCUT2D eigenvalue weighted by Gasteiger charge is -2.29. The molecule has 2 heterocycles. The van der Waals surface area contributed by atoms with E-state index in [1.165, 1.54) is 16.9 Å². The Morgan fingerprint density at radius 3 is 2.82 bits per heavy atom. The maximum absolute atomic E-state index is 12.3. The second kappa shape index (κ2) is 6.23. The minimum atomic E-state index is -3.23. The van der Waals surface area contributed by atoms with E-state index < -0.39 is 10.0 Å². The summed E-state index contributed by atoms with van der Waals surface area (Å²) in [6.07, 6.45) is 4.65. The molecular formula is C16H25NO3S2. The summed E-state index contributed by atoms with van der Waals surface area (Å²) in [5, 5.41) is -0.297. The number of sulfonamides is 1. The van der Waals surface area contributed by atoms with Gasteiger partial charge in [0.1, 0.15) is 0 Å². The summed E-state index contributed by atoms with van der Waals surface area (Å²) in [4.78, 5) is 2.58. The van der Waals surface area contributed by atoms with E-state index in [4.69, 9.17) is 4.74 Å². The van der Waals surface area contributed by atoms with Crippen molar-refractivity contribution in [3.05, 3.63) is 21.4 Å². The number of fused-ring (bicyclic) bond motifs is 1. The maximum Gasteiger partial charge on any atom is 0.214 e. The van der Waals surface area contributed by atoms with Crippen LogP contribution in [-0.4, -0.2) is 26.9 Å². The Bertz CT molecular complexity index is 628. The fourth-order valence-corrected chi connectivity index (χ4v) is 5.93. The van der Waals surface area contributed by atoms with Crippen molar-refractivity contribution in [1.82, 2.24) is 4.72 Å². The SMILES string of the molecule is CC1(C)CCc2sc(CNS(=O)(=O)C3CCOCC3)cc2C1. The smallest absolute Gasteiger partial charge is 0.214 e. The zero-order valence-electron chi connectivity index (χ0n) is 13.4. The number of hydrogen-bond acceptors (Lipinski definition) is 4. The fourth-order valence-electron chi connectivity index (χ4n) is 3.31. The largest absolute Gasteiger partial charge is 0.381 e. The summed E-state index contributed by atoms with van der Waals surface area (Å²) in [5.74, 6) is 0. The molecule has 0 saturated carbocycles. The zero-order valence-corrected chi connectivity index (χ0v) is 15.0. The number of nitrogens with one attached hydrogen (secondary N) is 1. The molecule has 0 spiro atoms. The van der Waals surface area contributed by atoms with Crippen LogP contribution in [-0.2, 0) is 34.1 Å². The highest BCUT2D eigenvalue weighted by Gasteiger charge is 2.29. The van der Waals surface area contributed by atoms with Gasteiger partial charge in [-0.2, -0.15) is 0 Å². The molecule has 124 valence electrons. The van der Waals surface area contributed by atoms with Crippen molar-refractivity contribution in [1.29, 1.82) is 0 Å². The van der Waals surface area contributed by atoms with Gasteiger partial charge in [0, 0.05) is 29.5 Å².